The number of thioether (sulfide) groups is 1. The number of nitrogens with zero attached hydrogens (tertiary/aromatic N) is 2. The fourth-order valence-electron chi connectivity index (χ4n) is 4.58. The third-order valence-corrected chi connectivity index (χ3v) is 7.40. The van der Waals surface area contributed by atoms with Gasteiger partial charge >= 0.3 is 0 Å². The number of rotatable bonds is 7. The minimum atomic E-state index is -0.783. The van der Waals surface area contributed by atoms with Gasteiger partial charge in [0.25, 0.3) is 5.91 Å². The summed E-state index contributed by atoms with van der Waals surface area (Å²) < 4.78 is 5.39. The molecule has 0 bridgehead atoms. The summed E-state index contributed by atoms with van der Waals surface area (Å²) in [5.41, 5.74) is 1.16. The van der Waals surface area contributed by atoms with Gasteiger partial charge in [0.1, 0.15) is 23.5 Å². The molecule has 2 unspecified atom stereocenters. The molecule has 33 heavy (non-hydrogen) atoms. The molecule has 0 aliphatic carbocycles. The highest BCUT2D eigenvalue weighted by Gasteiger charge is 2.41. The number of carbonyl (C=O) groups is 3. The van der Waals surface area contributed by atoms with Gasteiger partial charge in [-0.15, -0.1) is 0 Å². The summed E-state index contributed by atoms with van der Waals surface area (Å²) in [6.07, 6.45) is 3.38. The number of H-pyrrole nitrogens is 1. The van der Waals surface area contributed by atoms with Crippen LogP contribution in [0, 0.1) is 17.2 Å². The van der Waals surface area contributed by atoms with Crippen LogP contribution in [0.3, 0.4) is 0 Å². The van der Waals surface area contributed by atoms with E-state index in [-0.39, 0.29) is 35.3 Å². The predicted molar refractivity (Wildman–Crippen MR) is 125 cm³/mol. The van der Waals surface area contributed by atoms with Gasteiger partial charge in [-0.25, -0.2) is 0 Å². The molecule has 2 saturated heterocycles. The molecule has 2 fully saturated rings. The van der Waals surface area contributed by atoms with Gasteiger partial charge < -0.3 is 25.3 Å². The molecular weight excluding hydrogens is 442 g/mol. The first-order chi connectivity index (χ1) is 15.9. The fourth-order valence-corrected chi connectivity index (χ4v) is 5.27. The van der Waals surface area contributed by atoms with Crippen LogP contribution in [0.2, 0.25) is 0 Å². The average molecular weight is 470 g/mol. The third kappa shape index (κ3) is 4.64. The lowest BCUT2D eigenvalue weighted by Crippen LogP contribution is -2.49. The largest absolute Gasteiger partial charge is 0.496 e. The van der Waals surface area contributed by atoms with Crippen LogP contribution in [0.5, 0.6) is 5.75 Å². The predicted octanol–water partition coefficient (Wildman–Crippen LogP) is 1.66. The van der Waals surface area contributed by atoms with E-state index in [1.54, 1.807) is 29.8 Å². The van der Waals surface area contributed by atoms with E-state index in [1.807, 2.05) is 24.5 Å². The molecule has 2 aliphatic heterocycles. The number of methoxy groups -OCH3 is 1. The molecule has 9 nitrogen and oxygen atoms in total. The summed E-state index contributed by atoms with van der Waals surface area (Å²) in [4.78, 5) is 43.1. The van der Waals surface area contributed by atoms with Crippen molar-refractivity contribution >= 4 is 40.4 Å². The summed E-state index contributed by atoms with van der Waals surface area (Å²) in [6.45, 7) is 1.03. The maximum atomic E-state index is 13.4. The zero-order valence-corrected chi connectivity index (χ0v) is 19.4. The Morgan fingerprint density at radius 2 is 2.24 bits per heavy atom. The summed E-state index contributed by atoms with van der Waals surface area (Å²) in [6, 6.07) is 7.91. The van der Waals surface area contributed by atoms with Crippen LogP contribution in [0.15, 0.2) is 24.3 Å². The minimum Gasteiger partial charge on any atom is -0.496 e. The Hall–Kier alpha value is -3.19. The van der Waals surface area contributed by atoms with Crippen molar-refractivity contribution in [2.45, 2.75) is 36.6 Å². The molecule has 10 heteroatoms. The van der Waals surface area contributed by atoms with E-state index in [0.29, 0.717) is 37.4 Å². The highest BCUT2D eigenvalue weighted by atomic mass is 32.2. The zero-order valence-electron chi connectivity index (χ0n) is 18.6. The van der Waals surface area contributed by atoms with Crippen molar-refractivity contribution in [3.05, 3.63) is 30.0 Å². The third-order valence-electron chi connectivity index (χ3n) is 6.39. The Morgan fingerprint density at radius 1 is 1.42 bits per heavy atom. The maximum absolute atomic E-state index is 13.4. The molecule has 4 rings (SSSR count). The van der Waals surface area contributed by atoms with Crippen LogP contribution in [-0.4, -0.2) is 71.4 Å². The van der Waals surface area contributed by atoms with E-state index in [1.165, 1.54) is 0 Å². The molecule has 3 amide bonds. The first kappa shape index (κ1) is 23.0. The van der Waals surface area contributed by atoms with Gasteiger partial charge in [-0.1, -0.05) is 6.07 Å². The quantitative estimate of drug-likeness (QED) is 0.566. The Morgan fingerprint density at radius 3 is 2.91 bits per heavy atom. The molecule has 3 heterocycles. The number of hydrogen-bond acceptors (Lipinski definition) is 6. The first-order valence-electron chi connectivity index (χ1n) is 10.9. The number of ether oxygens (including phenoxy) is 1. The Bertz CT molecular complexity index is 1110. The van der Waals surface area contributed by atoms with Crippen molar-refractivity contribution in [1.82, 2.24) is 20.5 Å². The van der Waals surface area contributed by atoms with E-state index in [0.717, 1.165) is 10.9 Å². The van der Waals surface area contributed by atoms with Gasteiger partial charge in [0.05, 0.1) is 13.2 Å². The minimum absolute atomic E-state index is 0.0844. The van der Waals surface area contributed by atoms with E-state index in [2.05, 4.69) is 21.7 Å². The summed E-state index contributed by atoms with van der Waals surface area (Å²) in [7, 11) is 1.58. The molecule has 3 N–H and O–H groups in total. The van der Waals surface area contributed by atoms with Crippen molar-refractivity contribution < 1.29 is 19.1 Å². The SMILES string of the molecule is COc1cccc2[nH]c(C(=O)N3CC(SC)CC3C(=O)N[C@H](C#N)C[C@@H]3CCNC3=O)cc12. The smallest absolute Gasteiger partial charge is 0.271 e. The highest BCUT2D eigenvalue weighted by molar-refractivity contribution is 7.99. The molecule has 1 aromatic heterocycles. The van der Waals surface area contributed by atoms with E-state index < -0.39 is 12.1 Å². The van der Waals surface area contributed by atoms with Gasteiger partial charge in [0.2, 0.25) is 11.8 Å². The van der Waals surface area contributed by atoms with Gasteiger partial charge in [0, 0.05) is 35.2 Å². The number of aromatic amines is 1. The van der Waals surface area contributed by atoms with Crippen molar-refractivity contribution in [2.75, 3.05) is 26.5 Å². The molecule has 2 aliphatic rings. The van der Waals surface area contributed by atoms with E-state index in [9.17, 15) is 19.6 Å². The second-order valence-corrected chi connectivity index (χ2v) is 9.51. The summed E-state index contributed by atoms with van der Waals surface area (Å²) in [5.74, 6) is -0.337. The van der Waals surface area contributed by atoms with Crippen molar-refractivity contribution in [2.24, 2.45) is 5.92 Å². The van der Waals surface area contributed by atoms with Crippen LogP contribution >= 0.6 is 11.8 Å². The molecule has 1 aromatic carbocycles. The van der Waals surface area contributed by atoms with E-state index >= 15 is 0 Å². The second kappa shape index (κ2) is 9.75. The monoisotopic (exact) mass is 469 g/mol. The van der Waals surface area contributed by atoms with Gasteiger partial charge in [0.15, 0.2) is 0 Å². The molecule has 0 spiro atoms. The van der Waals surface area contributed by atoms with Crippen LogP contribution in [-0.2, 0) is 9.59 Å². The molecule has 174 valence electrons. The average Bonchev–Trinajstić information content (AvgIpc) is 3.55. The molecule has 0 saturated carbocycles. The second-order valence-electron chi connectivity index (χ2n) is 8.37. The number of fused-ring (bicyclic) bond motifs is 1. The molecule has 2 aromatic rings. The first-order valence-corrected chi connectivity index (χ1v) is 12.2. The van der Waals surface area contributed by atoms with Crippen molar-refractivity contribution in [3.8, 4) is 11.8 Å². The number of likely N-dealkylation sites (tertiary alicyclic amines) is 1. The molecular formula is C23H27N5O4S. The topological polar surface area (TPSA) is 127 Å². The van der Waals surface area contributed by atoms with Crippen LogP contribution < -0.4 is 15.4 Å². The normalized spacial score (nSPS) is 23.2. The van der Waals surface area contributed by atoms with Crippen LogP contribution in [0.4, 0.5) is 0 Å². The van der Waals surface area contributed by atoms with Crippen molar-refractivity contribution in [3.63, 3.8) is 0 Å². The summed E-state index contributed by atoms with van der Waals surface area (Å²) >= 11 is 1.61. The number of nitrogens with one attached hydrogen (secondary N) is 3. The van der Waals surface area contributed by atoms with Crippen LogP contribution in [0.25, 0.3) is 10.9 Å². The number of benzene rings is 1. The molecule has 0 radical (unpaired) electrons. The standard InChI is InChI=1S/C23H27N5O4S/c1-32-20-5-3-4-17-16(20)10-18(27-17)23(31)28-12-15(33-2)9-19(28)22(30)26-14(11-24)8-13-6-7-25-21(13)29/h3-5,10,13-15,19,27H,6-9,12H2,1-2H3,(H,25,29)(H,26,30)/t13-,14-,15?,19?/m0/s1. The highest BCUT2D eigenvalue weighted by Crippen LogP contribution is 2.31. The van der Waals surface area contributed by atoms with Gasteiger partial charge in [-0.05, 0) is 43.7 Å². The number of carbonyl (C=O) groups excluding carboxylic acids is 3. The number of amides is 3. The number of nitriles is 1. The number of aromatic nitrogens is 1. The van der Waals surface area contributed by atoms with Crippen LogP contribution in [0.1, 0.15) is 29.8 Å². The van der Waals surface area contributed by atoms with Crippen molar-refractivity contribution in [1.29, 1.82) is 5.26 Å². The fraction of sp³-hybridized carbons (Fsp3) is 0.478. The lowest BCUT2D eigenvalue weighted by Gasteiger charge is -2.25. The molecule has 4 atom stereocenters. The zero-order chi connectivity index (χ0) is 23.5. The van der Waals surface area contributed by atoms with Gasteiger partial charge in [-0.2, -0.15) is 17.0 Å². The Kier molecular flexibility index (Phi) is 6.79. The van der Waals surface area contributed by atoms with E-state index in [4.69, 9.17) is 4.74 Å². The number of hydrogen-bond donors (Lipinski definition) is 3. The lowest BCUT2D eigenvalue weighted by atomic mass is 9.99. The maximum Gasteiger partial charge on any atom is 0.271 e. The Balaban J connectivity index is 1.52. The summed E-state index contributed by atoms with van der Waals surface area (Å²) in [5, 5.41) is 16.0. The van der Waals surface area contributed by atoms with Gasteiger partial charge in [-0.3, -0.25) is 14.4 Å². The Labute approximate surface area is 196 Å². The lowest BCUT2D eigenvalue weighted by molar-refractivity contribution is -0.126.